The molecular weight excluding hydrogens is 266 g/mol. The third kappa shape index (κ3) is 3.76. The Hall–Kier alpha value is -0.650. The fourth-order valence-corrected chi connectivity index (χ4v) is 3.64. The first kappa shape index (κ1) is 16.7. The highest BCUT2D eigenvalue weighted by atomic mass is 16.4. The van der Waals surface area contributed by atoms with Crippen LogP contribution < -0.4 is 5.32 Å². The van der Waals surface area contributed by atoms with Gasteiger partial charge in [0, 0.05) is 38.3 Å². The van der Waals surface area contributed by atoms with Crippen molar-refractivity contribution in [3.63, 3.8) is 0 Å². The highest BCUT2D eigenvalue weighted by molar-refractivity contribution is 5.80. The lowest BCUT2D eigenvalue weighted by molar-refractivity contribution is -0.147. The second kappa shape index (κ2) is 6.63. The molecular formula is C16H31N3O2. The lowest BCUT2D eigenvalue weighted by Crippen LogP contribution is -2.65. The maximum absolute atomic E-state index is 12.0. The average molecular weight is 297 g/mol. The van der Waals surface area contributed by atoms with E-state index in [1.165, 1.54) is 0 Å². The van der Waals surface area contributed by atoms with Gasteiger partial charge in [-0.2, -0.15) is 0 Å². The predicted octanol–water partition coefficient (Wildman–Crippen LogP) is 1.24. The van der Waals surface area contributed by atoms with Gasteiger partial charge in [0.15, 0.2) is 0 Å². The van der Waals surface area contributed by atoms with Crippen molar-refractivity contribution in [2.45, 2.75) is 57.7 Å². The van der Waals surface area contributed by atoms with Crippen LogP contribution in [0, 0.1) is 5.92 Å². The summed E-state index contributed by atoms with van der Waals surface area (Å²) in [5.41, 5.74) is -0.762. The third-order valence-electron chi connectivity index (χ3n) is 5.01. The van der Waals surface area contributed by atoms with Crippen LogP contribution in [0.25, 0.3) is 0 Å². The van der Waals surface area contributed by atoms with E-state index in [-0.39, 0.29) is 12.0 Å². The Kier molecular flexibility index (Phi) is 5.28. The molecule has 2 atom stereocenters. The Morgan fingerprint density at radius 2 is 2.05 bits per heavy atom. The van der Waals surface area contributed by atoms with Crippen LogP contribution >= 0.6 is 0 Å². The topological polar surface area (TPSA) is 55.8 Å². The zero-order valence-corrected chi connectivity index (χ0v) is 13.9. The average Bonchev–Trinajstić information content (AvgIpc) is 3.23. The van der Waals surface area contributed by atoms with Crippen molar-refractivity contribution in [1.82, 2.24) is 15.1 Å². The number of hydrogen-bond acceptors (Lipinski definition) is 4. The van der Waals surface area contributed by atoms with Gasteiger partial charge in [0.25, 0.3) is 0 Å². The molecule has 122 valence electrons. The third-order valence-corrected chi connectivity index (χ3v) is 5.01. The molecule has 0 amide bonds. The zero-order chi connectivity index (χ0) is 15.6. The first-order valence-corrected chi connectivity index (χ1v) is 8.32. The number of carboxylic acids is 1. The molecule has 1 saturated heterocycles. The van der Waals surface area contributed by atoms with Crippen molar-refractivity contribution in [2.24, 2.45) is 5.92 Å². The lowest BCUT2D eigenvalue weighted by atomic mass is 9.90. The van der Waals surface area contributed by atoms with Crippen molar-refractivity contribution < 1.29 is 9.90 Å². The Morgan fingerprint density at radius 3 is 2.52 bits per heavy atom. The van der Waals surface area contributed by atoms with E-state index in [2.05, 4.69) is 29.1 Å². The molecule has 0 radical (unpaired) electrons. The molecule has 21 heavy (non-hydrogen) atoms. The van der Waals surface area contributed by atoms with E-state index >= 15 is 0 Å². The summed E-state index contributed by atoms with van der Waals surface area (Å²) in [6.45, 7) is 9.90. The van der Waals surface area contributed by atoms with Crippen LogP contribution in [-0.4, -0.2) is 71.7 Å². The monoisotopic (exact) mass is 297 g/mol. The van der Waals surface area contributed by atoms with Gasteiger partial charge in [-0.05, 0) is 46.1 Å². The number of nitrogens with zero attached hydrogens (tertiary/aromatic N) is 2. The number of hydrogen-bond donors (Lipinski definition) is 2. The summed E-state index contributed by atoms with van der Waals surface area (Å²) in [5, 5.41) is 13.3. The second-order valence-electron chi connectivity index (χ2n) is 7.13. The molecule has 0 aromatic rings. The largest absolute Gasteiger partial charge is 0.480 e. The summed E-state index contributed by atoms with van der Waals surface area (Å²) in [6, 6.07) is 0.736. The standard InChI is InChI=1S/C16H31N3O2/c1-5-14-10-19(9-8-18(14)4)11-16(15(20)21,13-6-7-13)17-12(2)3/h12-14,17H,5-11H2,1-4H3,(H,20,21). The summed E-state index contributed by atoms with van der Waals surface area (Å²) in [5.74, 6) is -0.386. The van der Waals surface area contributed by atoms with Gasteiger partial charge in [-0.1, -0.05) is 6.92 Å². The predicted molar refractivity (Wildman–Crippen MR) is 84.5 cm³/mol. The van der Waals surface area contributed by atoms with E-state index in [4.69, 9.17) is 0 Å². The van der Waals surface area contributed by atoms with Gasteiger partial charge in [-0.25, -0.2) is 0 Å². The summed E-state index contributed by atoms with van der Waals surface area (Å²) < 4.78 is 0. The normalized spacial score (nSPS) is 27.8. The first-order valence-electron chi connectivity index (χ1n) is 8.32. The molecule has 0 aromatic heterocycles. The number of nitrogens with one attached hydrogen (secondary N) is 1. The minimum atomic E-state index is -0.762. The van der Waals surface area contributed by atoms with E-state index in [9.17, 15) is 9.90 Å². The second-order valence-corrected chi connectivity index (χ2v) is 7.13. The maximum Gasteiger partial charge on any atom is 0.325 e. The zero-order valence-electron chi connectivity index (χ0n) is 13.9. The van der Waals surface area contributed by atoms with Gasteiger partial charge in [-0.3, -0.25) is 15.0 Å². The molecule has 2 N–H and O–H groups in total. The molecule has 1 aliphatic heterocycles. The molecule has 5 heteroatoms. The van der Waals surface area contributed by atoms with Crippen molar-refractivity contribution in [2.75, 3.05) is 33.2 Å². The molecule has 2 rings (SSSR count). The smallest absolute Gasteiger partial charge is 0.325 e. The van der Waals surface area contributed by atoms with Crippen LogP contribution in [0.15, 0.2) is 0 Å². The fourth-order valence-electron chi connectivity index (χ4n) is 3.64. The molecule has 1 heterocycles. The van der Waals surface area contributed by atoms with Gasteiger partial charge in [0.2, 0.25) is 0 Å². The summed E-state index contributed by atoms with van der Waals surface area (Å²) in [6.07, 6.45) is 3.20. The Labute approximate surface area is 128 Å². The van der Waals surface area contributed by atoms with Crippen LogP contribution in [0.5, 0.6) is 0 Å². The lowest BCUT2D eigenvalue weighted by Gasteiger charge is -2.43. The fraction of sp³-hybridized carbons (Fsp3) is 0.938. The van der Waals surface area contributed by atoms with Crippen molar-refractivity contribution in [1.29, 1.82) is 0 Å². The summed E-state index contributed by atoms with van der Waals surface area (Å²) in [4.78, 5) is 16.8. The number of likely N-dealkylation sites (N-methyl/N-ethyl adjacent to an activating group) is 1. The Bertz CT molecular complexity index is 371. The summed E-state index contributed by atoms with van der Waals surface area (Å²) >= 11 is 0. The van der Waals surface area contributed by atoms with Gasteiger partial charge in [-0.15, -0.1) is 0 Å². The number of aliphatic carboxylic acids is 1. The number of carboxylic acid groups (broad SMARTS) is 1. The molecule has 0 spiro atoms. The Morgan fingerprint density at radius 1 is 1.38 bits per heavy atom. The molecule has 1 aliphatic carbocycles. The van der Waals surface area contributed by atoms with E-state index in [0.29, 0.717) is 12.6 Å². The molecule has 0 aromatic carbocycles. The minimum absolute atomic E-state index is 0.191. The molecule has 2 fully saturated rings. The number of carbonyl (C=O) groups is 1. The molecule has 5 nitrogen and oxygen atoms in total. The van der Waals surface area contributed by atoms with Gasteiger partial charge < -0.3 is 10.0 Å². The van der Waals surface area contributed by atoms with Crippen LogP contribution in [0.2, 0.25) is 0 Å². The quantitative estimate of drug-likeness (QED) is 0.740. The molecule has 2 unspecified atom stereocenters. The number of piperazine rings is 1. The highest BCUT2D eigenvalue weighted by Gasteiger charge is 2.52. The van der Waals surface area contributed by atoms with Crippen molar-refractivity contribution in [3.8, 4) is 0 Å². The van der Waals surface area contributed by atoms with Gasteiger partial charge in [0.1, 0.15) is 5.54 Å². The van der Waals surface area contributed by atoms with Crippen molar-refractivity contribution in [3.05, 3.63) is 0 Å². The Balaban J connectivity index is 2.09. The highest BCUT2D eigenvalue weighted by Crippen LogP contribution is 2.41. The SMILES string of the molecule is CCC1CN(CC(NC(C)C)(C(=O)O)C2CC2)CCN1C. The van der Waals surface area contributed by atoms with Crippen molar-refractivity contribution >= 4 is 5.97 Å². The van der Waals surface area contributed by atoms with E-state index in [1.807, 2.05) is 13.8 Å². The first-order chi connectivity index (χ1) is 9.89. The van der Waals surface area contributed by atoms with Crippen LogP contribution in [0.3, 0.4) is 0 Å². The van der Waals surface area contributed by atoms with Crippen LogP contribution in [0.4, 0.5) is 0 Å². The van der Waals surface area contributed by atoms with E-state index < -0.39 is 11.5 Å². The molecule has 1 saturated carbocycles. The summed E-state index contributed by atoms with van der Waals surface area (Å²) in [7, 11) is 2.17. The van der Waals surface area contributed by atoms with Crippen LogP contribution in [0.1, 0.15) is 40.0 Å². The minimum Gasteiger partial charge on any atom is -0.480 e. The van der Waals surface area contributed by atoms with E-state index in [0.717, 1.165) is 38.9 Å². The molecule has 0 bridgehead atoms. The number of rotatable bonds is 7. The van der Waals surface area contributed by atoms with E-state index in [1.54, 1.807) is 0 Å². The van der Waals surface area contributed by atoms with Crippen LogP contribution in [-0.2, 0) is 4.79 Å². The van der Waals surface area contributed by atoms with Gasteiger partial charge in [0.05, 0.1) is 0 Å². The maximum atomic E-state index is 12.0. The molecule has 2 aliphatic rings. The van der Waals surface area contributed by atoms with Gasteiger partial charge >= 0.3 is 5.97 Å².